The van der Waals surface area contributed by atoms with Crippen LogP contribution in [0.1, 0.15) is 38.3 Å². The minimum atomic E-state index is -4.15. The summed E-state index contributed by atoms with van der Waals surface area (Å²) >= 11 is 3.38. The number of benzene rings is 3. The number of anilines is 1. The van der Waals surface area contributed by atoms with Crippen molar-refractivity contribution < 1.29 is 22.4 Å². The van der Waals surface area contributed by atoms with E-state index in [-0.39, 0.29) is 29.1 Å². The van der Waals surface area contributed by atoms with Crippen LogP contribution in [0.4, 0.5) is 10.1 Å². The SMILES string of the molecule is CC[C@H](C)NC(=O)[C@H](C)N(Cc1ccc(F)cc1)C(=O)CN(c1cccc(Br)c1)S(=O)(=O)c1ccc(C)cc1. The number of sulfonamides is 1. The van der Waals surface area contributed by atoms with Crippen LogP contribution in [-0.4, -0.2) is 43.8 Å². The number of hydrogen-bond acceptors (Lipinski definition) is 4. The van der Waals surface area contributed by atoms with Gasteiger partial charge in [0.05, 0.1) is 10.6 Å². The summed E-state index contributed by atoms with van der Waals surface area (Å²) in [6, 6.07) is 17.6. The molecular formula is C29H33BrFN3O4S. The smallest absolute Gasteiger partial charge is 0.264 e. The molecule has 2 amide bonds. The maximum atomic E-state index is 13.9. The number of rotatable bonds is 11. The van der Waals surface area contributed by atoms with Crippen molar-refractivity contribution in [2.75, 3.05) is 10.8 Å². The van der Waals surface area contributed by atoms with E-state index in [1.54, 1.807) is 43.3 Å². The van der Waals surface area contributed by atoms with Gasteiger partial charge >= 0.3 is 0 Å². The quantitative estimate of drug-likeness (QED) is 0.311. The van der Waals surface area contributed by atoms with E-state index in [9.17, 15) is 22.4 Å². The monoisotopic (exact) mass is 617 g/mol. The van der Waals surface area contributed by atoms with Crippen LogP contribution in [0.3, 0.4) is 0 Å². The number of nitrogens with zero attached hydrogens (tertiary/aromatic N) is 2. The summed E-state index contributed by atoms with van der Waals surface area (Å²) in [6.07, 6.45) is 0.704. The van der Waals surface area contributed by atoms with E-state index in [1.807, 2.05) is 20.8 Å². The van der Waals surface area contributed by atoms with Crippen LogP contribution in [-0.2, 0) is 26.2 Å². The number of carbonyl (C=O) groups is 2. The number of aryl methyl sites for hydroxylation is 1. The highest BCUT2D eigenvalue weighted by atomic mass is 79.9. The molecule has 0 aliphatic heterocycles. The molecule has 39 heavy (non-hydrogen) atoms. The lowest BCUT2D eigenvalue weighted by molar-refractivity contribution is -0.139. The largest absolute Gasteiger partial charge is 0.352 e. The van der Waals surface area contributed by atoms with Crippen LogP contribution < -0.4 is 9.62 Å². The van der Waals surface area contributed by atoms with Crippen LogP contribution in [0.25, 0.3) is 0 Å². The van der Waals surface area contributed by atoms with Crippen molar-refractivity contribution in [2.45, 2.75) is 57.6 Å². The van der Waals surface area contributed by atoms with Gasteiger partial charge in [-0.1, -0.05) is 58.7 Å². The van der Waals surface area contributed by atoms with Gasteiger partial charge in [-0.25, -0.2) is 12.8 Å². The summed E-state index contributed by atoms with van der Waals surface area (Å²) < 4.78 is 42.9. The molecule has 7 nitrogen and oxygen atoms in total. The van der Waals surface area contributed by atoms with Gasteiger partial charge in [-0.2, -0.15) is 0 Å². The highest BCUT2D eigenvalue weighted by molar-refractivity contribution is 9.10. The van der Waals surface area contributed by atoms with Gasteiger partial charge in [0.25, 0.3) is 10.0 Å². The Morgan fingerprint density at radius 3 is 2.23 bits per heavy atom. The van der Waals surface area contributed by atoms with Crippen LogP contribution in [0.5, 0.6) is 0 Å². The van der Waals surface area contributed by atoms with E-state index in [0.29, 0.717) is 16.5 Å². The summed E-state index contributed by atoms with van der Waals surface area (Å²) in [5.41, 5.74) is 1.78. The van der Waals surface area contributed by atoms with E-state index in [4.69, 9.17) is 0 Å². The van der Waals surface area contributed by atoms with Crippen LogP contribution in [0, 0.1) is 12.7 Å². The Hall–Kier alpha value is -3.24. The second-order valence-corrected chi connectivity index (χ2v) is 12.2. The molecule has 10 heteroatoms. The molecule has 0 aliphatic carbocycles. The van der Waals surface area contributed by atoms with Crippen molar-refractivity contribution in [2.24, 2.45) is 0 Å². The highest BCUT2D eigenvalue weighted by Gasteiger charge is 2.32. The van der Waals surface area contributed by atoms with Crippen molar-refractivity contribution in [3.05, 3.63) is 94.2 Å². The van der Waals surface area contributed by atoms with Gasteiger partial charge in [0, 0.05) is 17.1 Å². The molecule has 208 valence electrons. The van der Waals surface area contributed by atoms with Gasteiger partial charge in [0.1, 0.15) is 18.4 Å². The molecule has 0 bridgehead atoms. The molecular weight excluding hydrogens is 585 g/mol. The van der Waals surface area contributed by atoms with Gasteiger partial charge in [0.15, 0.2) is 0 Å². The third-order valence-electron chi connectivity index (χ3n) is 6.42. The molecule has 1 N–H and O–H groups in total. The zero-order chi connectivity index (χ0) is 28.7. The maximum Gasteiger partial charge on any atom is 0.264 e. The average Bonchev–Trinajstić information content (AvgIpc) is 2.90. The molecule has 0 spiro atoms. The normalized spacial score (nSPS) is 12.9. The number of nitrogens with one attached hydrogen (secondary N) is 1. The van der Waals surface area contributed by atoms with Gasteiger partial charge in [-0.15, -0.1) is 0 Å². The Labute approximate surface area is 238 Å². The summed E-state index contributed by atoms with van der Waals surface area (Å²) in [6.45, 7) is 6.69. The van der Waals surface area contributed by atoms with E-state index in [0.717, 1.165) is 9.87 Å². The minimum Gasteiger partial charge on any atom is -0.352 e. The average molecular weight is 619 g/mol. The van der Waals surface area contributed by atoms with E-state index in [2.05, 4.69) is 21.2 Å². The predicted octanol–water partition coefficient (Wildman–Crippen LogP) is 5.42. The third kappa shape index (κ3) is 7.89. The number of hydrogen-bond donors (Lipinski definition) is 1. The molecule has 0 aromatic heterocycles. The number of carbonyl (C=O) groups excluding carboxylic acids is 2. The molecule has 0 fully saturated rings. The summed E-state index contributed by atoms with van der Waals surface area (Å²) in [5, 5.41) is 2.88. The topological polar surface area (TPSA) is 86.8 Å². The zero-order valence-corrected chi connectivity index (χ0v) is 24.8. The molecule has 2 atom stereocenters. The maximum absolute atomic E-state index is 13.9. The lowest BCUT2D eigenvalue weighted by Gasteiger charge is -2.32. The minimum absolute atomic E-state index is 0.00882. The Kier molecular flexibility index (Phi) is 10.3. The van der Waals surface area contributed by atoms with E-state index in [1.165, 1.54) is 41.3 Å². The summed E-state index contributed by atoms with van der Waals surface area (Å²) in [7, 11) is -4.15. The predicted molar refractivity (Wildman–Crippen MR) is 154 cm³/mol. The van der Waals surface area contributed by atoms with Gasteiger partial charge in [0.2, 0.25) is 11.8 Å². The number of halogens is 2. The first-order valence-corrected chi connectivity index (χ1v) is 14.8. The van der Waals surface area contributed by atoms with Crippen molar-refractivity contribution in [3.8, 4) is 0 Å². The van der Waals surface area contributed by atoms with Crippen molar-refractivity contribution in [1.82, 2.24) is 10.2 Å². The van der Waals surface area contributed by atoms with E-state index >= 15 is 0 Å². The molecule has 0 radical (unpaired) electrons. The molecule has 0 saturated carbocycles. The zero-order valence-electron chi connectivity index (χ0n) is 22.4. The van der Waals surface area contributed by atoms with Crippen molar-refractivity contribution >= 4 is 43.5 Å². The fraction of sp³-hybridized carbons (Fsp3) is 0.310. The van der Waals surface area contributed by atoms with Gasteiger partial charge in [-0.05, 0) is 75.2 Å². The molecule has 0 heterocycles. The lowest BCUT2D eigenvalue weighted by atomic mass is 10.1. The molecule has 3 rings (SSSR count). The first-order valence-electron chi connectivity index (χ1n) is 12.6. The molecule has 0 aliphatic rings. The van der Waals surface area contributed by atoms with Crippen LogP contribution >= 0.6 is 15.9 Å². The molecule has 0 saturated heterocycles. The Morgan fingerprint density at radius 2 is 1.64 bits per heavy atom. The van der Waals surface area contributed by atoms with Crippen molar-refractivity contribution in [3.63, 3.8) is 0 Å². The van der Waals surface area contributed by atoms with Crippen molar-refractivity contribution in [1.29, 1.82) is 0 Å². The lowest BCUT2D eigenvalue weighted by Crippen LogP contribution is -2.52. The summed E-state index contributed by atoms with van der Waals surface area (Å²) in [5.74, 6) is -1.37. The van der Waals surface area contributed by atoms with Gasteiger partial charge in [-0.3, -0.25) is 13.9 Å². The first kappa shape index (κ1) is 30.3. The standard InChI is InChI=1S/C29H33BrFN3O4S/c1-5-21(3)32-29(36)22(4)33(18-23-11-13-25(31)14-12-23)28(35)19-34(26-8-6-7-24(30)17-26)39(37,38)27-15-9-20(2)10-16-27/h6-17,21-22H,5,18-19H2,1-4H3,(H,32,36)/t21-,22-/m0/s1. The second kappa shape index (κ2) is 13.2. The Balaban J connectivity index is 2.02. The van der Waals surface area contributed by atoms with Crippen LogP contribution in [0.15, 0.2) is 82.2 Å². The Bertz CT molecular complexity index is 1400. The summed E-state index contributed by atoms with van der Waals surface area (Å²) in [4.78, 5) is 28.3. The second-order valence-electron chi connectivity index (χ2n) is 9.45. The molecule has 3 aromatic rings. The van der Waals surface area contributed by atoms with Gasteiger partial charge < -0.3 is 10.2 Å². The highest BCUT2D eigenvalue weighted by Crippen LogP contribution is 2.27. The third-order valence-corrected chi connectivity index (χ3v) is 8.70. The Morgan fingerprint density at radius 1 is 1.00 bits per heavy atom. The fourth-order valence-electron chi connectivity index (χ4n) is 3.83. The van der Waals surface area contributed by atoms with E-state index < -0.39 is 34.3 Å². The fourth-order valence-corrected chi connectivity index (χ4v) is 5.63. The molecule has 3 aromatic carbocycles. The first-order chi connectivity index (χ1) is 18.4. The van der Waals surface area contributed by atoms with Crippen LogP contribution in [0.2, 0.25) is 0 Å². The molecule has 0 unspecified atom stereocenters. The number of amides is 2.